The fourth-order valence-corrected chi connectivity index (χ4v) is 6.94. The van der Waals surface area contributed by atoms with Crippen LogP contribution in [0.5, 0.6) is 0 Å². The van der Waals surface area contributed by atoms with Gasteiger partial charge in [-0.3, -0.25) is 0 Å². The molecule has 0 fully saturated rings. The van der Waals surface area contributed by atoms with Gasteiger partial charge in [0.05, 0.1) is 16.1 Å². The standard InChI is InChI=1S/C24H30Si2/c1-25(2,3)23-17-11-9-15-21(23)19-13-7-8-14-20(19)22-16-10-12-18-24(22)26(4,5)6/h7-18H,1-6H3. The van der Waals surface area contributed by atoms with E-state index in [1.165, 1.54) is 32.6 Å². The first-order valence-corrected chi connectivity index (χ1v) is 16.5. The maximum Gasteiger partial charge on any atom is 0.0784 e. The lowest BCUT2D eigenvalue weighted by molar-refractivity contribution is 1.58. The monoisotopic (exact) mass is 374 g/mol. The third-order valence-corrected chi connectivity index (χ3v) is 9.08. The van der Waals surface area contributed by atoms with Crippen LogP contribution < -0.4 is 10.4 Å². The molecular weight excluding hydrogens is 344 g/mol. The molecule has 0 spiro atoms. The van der Waals surface area contributed by atoms with E-state index in [4.69, 9.17) is 0 Å². The molecule has 2 heteroatoms. The molecule has 0 radical (unpaired) electrons. The lowest BCUT2D eigenvalue weighted by Gasteiger charge is -2.25. The van der Waals surface area contributed by atoms with Crippen LogP contribution in [0.15, 0.2) is 72.8 Å². The highest BCUT2D eigenvalue weighted by Crippen LogP contribution is 2.32. The third kappa shape index (κ3) is 3.77. The summed E-state index contributed by atoms with van der Waals surface area (Å²) in [6.07, 6.45) is 0. The quantitative estimate of drug-likeness (QED) is 0.483. The van der Waals surface area contributed by atoms with Crippen molar-refractivity contribution in [1.29, 1.82) is 0 Å². The second-order valence-corrected chi connectivity index (χ2v) is 19.2. The van der Waals surface area contributed by atoms with E-state index in [2.05, 4.69) is 112 Å². The Labute approximate surface area is 160 Å². The Morgan fingerprint density at radius 1 is 0.385 bits per heavy atom. The molecule has 0 bridgehead atoms. The molecule has 3 rings (SSSR count). The molecule has 0 aromatic heterocycles. The second-order valence-electron chi connectivity index (χ2n) is 9.14. The van der Waals surface area contributed by atoms with Gasteiger partial charge in [-0.25, -0.2) is 0 Å². The maximum absolute atomic E-state index is 2.43. The zero-order chi connectivity index (χ0) is 18.9. The molecule has 0 unspecified atom stereocenters. The Bertz CT molecular complexity index is 835. The largest absolute Gasteiger partial charge is 0.0784 e. The van der Waals surface area contributed by atoms with Crippen LogP contribution in [0.25, 0.3) is 22.3 Å². The van der Waals surface area contributed by atoms with Crippen LogP contribution in [0, 0.1) is 0 Å². The lowest BCUT2D eigenvalue weighted by atomic mass is 9.94. The van der Waals surface area contributed by atoms with Gasteiger partial charge in [-0.2, -0.15) is 0 Å². The van der Waals surface area contributed by atoms with Gasteiger partial charge in [0.25, 0.3) is 0 Å². The number of benzene rings is 3. The molecule has 0 heterocycles. The van der Waals surface area contributed by atoms with E-state index in [-0.39, 0.29) is 0 Å². The maximum atomic E-state index is 2.43. The van der Waals surface area contributed by atoms with Crippen LogP contribution in [0.3, 0.4) is 0 Å². The van der Waals surface area contributed by atoms with Crippen LogP contribution in [0.2, 0.25) is 39.3 Å². The first kappa shape index (κ1) is 18.9. The fraction of sp³-hybridized carbons (Fsp3) is 0.250. The minimum atomic E-state index is -1.43. The fourth-order valence-electron chi connectivity index (χ4n) is 3.70. The van der Waals surface area contributed by atoms with Crippen LogP contribution in [0.4, 0.5) is 0 Å². The predicted octanol–water partition coefficient (Wildman–Crippen LogP) is 6.11. The molecule has 0 atom stereocenters. The average Bonchev–Trinajstić information content (AvgIpc) is 2.60. The van der Waals surface area contributed by atoms with Gasteiger partial charge in [0.2, 0.25) is 0 Å². The van der Waals surface area contributed by atoms with Gasteiger partial charge in [0, 0.05) is 0 Å². The summed E-state index contributed by atoms with van der Waals surface area (Å²) < 4.78 is 0. The molecule has 0 saturated heterocycles. The summed E-state index contributed by atoms with van der Waals surface area (Å²) in [6.45, 7) is 14.6. The van der Waals surface area contributed by atoms with Gasteiger partial charge < -0.3 is 0 Å². The number of rotatable bonds is 4. The first-order chi connectivity index (χ1) is 12.2. The van der Waals surface area contributed by atoms with Crippen molar-refractivity contribution in [3.05, 3.63) is 72.8 Å². The Morgan fingerprint density at radius 3 is 0.962 bits per heavy atom. The Balaban J connectivity index is 2.29. The molecule has 26 heavy (non-hydrogen) atoms. The van der Waals surface area contributed by atoms with E-state index < -0.39 is 16.1 Å². The van der Waals surface area contributed by atoms with Crippen molar-refractivity contribution in [2.45, 2.75) is 39.3 Å². The third-order valence-electron chi connectivity index (χ3n) is 4.98. The second kappa shape index (κ2) is 7.01. The average molecular weight is 375 g/mol. The van der Waals surface area contributed by atoms with Gasteiger partial charge in [0.1, 0.15) is 0 Å². The van der Waals surface area contributed by atoms with E-state index in [9.17, 15) is 0 Å². The molecule has 0 aliphatic heterocycles. The summed E-state index contributed by atoms with van der Waals surface area (Å²) in [7, 11) is -2.85. The summed E-state index contributed by atoms with van der Waals surface area (Å²) in [6, 6.07) is 27.0. The molecule has 134 valence electrons. The minimum Gasteiger partial charge on any atom is -0.0656 e. The summed E-state index contributed by atoms with van der Waals surface area (Å²) in [5.74, 6) is 0. The molecule has 0 saturated carbocycles. The molecule has 0 nitrogen and oxygen atoms in total. The van der Waals surface area contributed by atoms with Gasteiger partial charge >= 0.3 is 0 Å². The highest BCUT2D eigenvalue weighted by atomic mass is 28.3. The summed E-state index contributed by atoms with van der Waals surface area (Å²) >= 11 is 0. The van der Waals surface area contributed by atoms with Crippen molar-refractivity contribution in [2.75, 3.05) is 0 Å². The van der Waals surface area contributed by atoms with Crippen LogP contribution >= 0.6 is 0 Å². The highest BCUT2D eigenvalue weighted by molar-refractivity contribution is 6.90. The Kier molecular flexibility index (Phi) is 5.09. The van der Waals surface area contributed by atoms with Crippen molar-refractivity contribution in [2.24, 2.45) is 0 Å². The van der Waals surface area contributed by atoms with E-state index in [1.54, 1.807) is 0 Å². The summed E-state index contributed by atoms with van der Waals surface area (Å²) in [5.41, 5.74) is 5.56. The predicted molar refractivity (Wildman–Crippen MR) is 123 cm³/mol. The molecule has 3 aromatic carbocycles. The van der Waals surface area contributed by atoms with Crippen LogP contribution in [-0.4, -0.2) is 16.1 Å². The van der Waals surface area contributed by atoms with Crippen molar-refractivity contribution >= 4 is 26.5 Å². The van der Waals surface area contributed by atoms with Gasteiger partial charge in [-0.15, -0.1) is 0 Å². The van der Waals surface area contributed by atoms with Gasteiger partial charge in [0.15, 0.2) is 0 Å². The van der Waals surface area contributed by atoms with Crippen molar-refractivity contribution in [3.8, 4) is 22.3 Å². The summed E-state index contributed by atoms with van der Waals surface area (Å²) in [4.78, 5) is 0. The summed E-state index contributed by atoms with van der Waals surface area (Å²) in [5, 5.41) is 3.08. The topological polar surface area (TPSA) is 0 Å². The van der Waals surface area contributed by atoms with E-state index in [1.807, 2.05) is 0 Å². The van der Waals surface area contributed by atoms with Crippen molar-refractivity contribution < 1.29 is 0 Å². The zero-order valence-corrected chi connectivity index (χ0v) is 18.9. The van der Waals surface area contributed by atoms with E-state index in [0.717, 1.165) is 0 Å². The van der Waals surface area contributed by atoms with Gasteiger partial charge in [-0.1, -0.05) is 122 Å². The Hall–Kier alpha value is -1.91. The molecule has 0 N–H and O–H groups in total. The Morgan fingerprint density at radius 2 is 0.654 bits per heavy atom. The molecule has 0 amide bonds. The van der Waals surface area contributed by atoms with E-state index in [0.29, 0.717) is 0 Å². The minimum absolute atomic E-state index is 1.37. The first-order valence-electron chi connectivity index (χ1n) is 9.48. The smallest absolute Gasteiger partial charge is 0.0656 e. The molecule has 0 aliphatic rings. The number of hydrogen-bond donors (Lipinski definition) is 0. The lowest BCUT2D eigenvalue weighted by Crippen LogP contribution is -2.39. The van der Waals surface area contributed by atoms with Crippen molar-refractivity contribution in [1.82, 2.24) is 0 Å². The van der Waals surface area contributed by atoms with Crippen LogP contribution in [0.1, 0.15) is 0 Å². The molecular formula is C24H30Si2. The molecule has 3 aromatic rings. The SMILES string of the molecule is C[Si](C)(C)c1ccccc1-c1ccccc1-c1ccccc1[Si](C)(C)C. The molecule has 0 aliphatic carbocycles. The highest BCUT2D eigenvalue weighted by Gasteiger charge is 2.24. The van der Waals surface area contributed by atoms with Crippen LogP contribution in [-0.2, 0) is 0 Å². The van der Waals surface area contributed by atoms with E-state index >= 15 is 0 Å². The normalized spacial score (nSPS) is 12.2. The van der Waals surface area contributed by atoms with Crippen molar-refractivity contribution in [3.63, 3.8) is 0 Å². The van der Waals surface area contributed by atoms with Gasteiger partial charge in [-0.05, 0) is 22.3 Å². The zero-order valence-electron chi connectivity index (χ0n) is 16.9. The number of hydrogen-bond acceptors (Lipinski definition) is 0.